The minimum Gasteiger partial charge on any atom is -0.480 e. The van der Waals surface area contributed by atoms with Crippen LogP contribution < -0.4 is 10.6 Å². The molecule has 1 aliphatic rings. The Labute approximate surface area is 194 Å². The largest absolute Gasteiger partial charge is 0.480 e. The van der Waals surface area contributed by atoms with E-state index < -0.39 is 29.6 Å². The zero-order valence-corrected chi connectivity index (χ0v) is 19.6. The number of hydrogen-bond acceptors (Lipinski definition) is 4. The highest BCUT2D eigenvalue weighted by Gasteiger charge is 2.34. The van der Waals surface area contributed by atoms with Crippen LogP contribution in [0.1, 0.15) is 57.6 Å². The molecular formula is C26H32N2O5. The van der Waals surface area contributed by atoms with Crippen LogP contribution in [-0.4, -0.2) is 41.3 Å². The fourth-order valence-electron chi connectivity index (χ4n) is 4.10. The molecule has 2 atom stereocenters. The molecule has 33 heavy (non-hydrogen) atoms. The average molecular weight is 453 g/mol. The number of nitrogens with one attached hydrogen (secondary N) is 2. The van der Waals surface area contributed by atoms with Crippen molar-refractivity contribution >= 4 is 18.0 Å². The van der Waals surface area contributed by atoms with Gasteiger partial charge >= 0.3 is 12.1 Å². The summed E-state index contributed by atoms with van der Waals surface area (Å²) in [5.74, 6) is -1.62. The maximum absolute atomic E-state index is 12.6. The number of carbonyl (C=O) groups excluding carboxylic acids is 2. The Morgan fingerprint density at radius 3 is 2.06 bits per heavy atom. The van der Waals surface area contributed by atoms with Crippen LogP contribution in [0.15, 0.2) is 48.5 Å². The molecule has 1 unspecified atom stereocenters. The highest BCUT2D eigenvalue weighted by molar-refractivity contribution is 5.87. The van der Waals surface area contributed by atoms with E-state index in [9.17, 15) is 19.5 Å². The van der Waals surface area contributed by atoms with Crippen LogP contribution >= 0.6 is 0 Å². The first-order valence-corrected chi connectivity index (χ1v) is 11.3. The van der Waals surface area contributed by atoms with Gasteiger partial charge in [-0.25, -0.2) is 9.59 Å². The fourth-order valence-corrected chi connectivity index (χ4v) is 4.10. The maximum atomic E-state index is 12.6. The van der Waals surface area contributed by atoms with Crippen molar-refractivity contribution in [1.82, 2.24) is 10.6 Å². The van der Waals surface area contributed by atoms with Gasteiger partial charge in [0.2, 0.25) is 5.91 Å². The second-order valence-corrected chi connectivity index (χ2v) is 9.06. The highest BCUT2D eigenvalue weighted by atomic mass is 16.5. The molecule has 0 bridgehead atoms. The summed E-state index contributed by atoms with van der Waals surface area (Å²) >= 11 is 0. The number of carboxylic acid groups (broad SMARTS) is 1. The van der Waals surface area contributed by atoms with Crippen LogP contribution in [0.2, 0.25) is 0 Å². The first-order chi connectivity index (χ1) is 15.7. The zero-order valence-electron chi connectivity index (χ0n) is 19.6. The van der Waals surface area contributed by atoms with Crippen molar-refractivity contribution in [3.05, 3.63) is 59.7 Å². The number of alkyl carbamates (subject to hydrolysis) is 1. The Kier molecular flexibility index (Phi) is 7.41. The molecule has 2 aromatic rings. The molecule has 2 aromatic carbocycles. The molecule has 3 N–H and O–H groups in total. The highest BCUT2D eigenvalue weighted by Crippen LogP contribution is 2.44. The molecule has 0 spiro atoms. The zero-order chi connectivity index (χ0) is 24.2. The van der Waals surface area contributed by atoms with E-state index >= 15 is 0 Å². The molecule has 0 radical (unpaired) electrons. The Morgan fingerprint density at radius 1 is 1.03 bits per heavy atom. The van der Waals surface area contributed by atoms with Gasteiger partial charge in [-0.15, -0.1) is 0 Å². The molecular weight excluding hydrogens is 420 g/mol. The van der Waals surface area contributed by atoms with E-state index in [1.165, 1.54) is 6.92 Å². The second-order valence-electron chi connectivity index (χ2n) is 9.06. The lowest BCUT2D eigenvalue weighted by molar-refractivity contribution is -0.147. The number of rotatable bonds is 9. The van der Waals surface area contributed by atoms with Crippen molar-refractivity contribution in [2.24, 2.45) is 5.92 Å². The Morgan fingerprint density at radius 2 is 1.58 bits per heavy atom. The quantitative estimate of drug-likeness (QED) is 0.526. The average Bonchev–Trinajstić information content (AvgIpc) is 3.10. The number of benzene rings is 2. The molecule has 1 aliphatic carbocycles. The topological polar surface area (TPSA) is 105 Å². The predicted octanol–water partition coefficient (Wildman–Crippen LogP) is 4.31. The Hall–Kier alpha value is -3.35. The van der Waals surface area contributed by atoms with Gasteiger partial charge in [0.05, 0.1) is 0 Å². The summed E-state index contributed by atoms with van der Waals surface area (Å²) in [5, 5.41) is 14.7. The number of carbonyl (C=O) groups is 3. The maximum Gasteiger partial charge on any atom is 0.407 e. The van der Waals surface area contributed by atoms with Crippen molar-refractivity contribution in [2.75, 3.05) is 6.61 Å². The van der Waals surface area contributed by atoms with Gasteiger partial charge in [-0.2, -0.15) is 0 Å². The van der Waals surface area contributed by atoms with E-state index in [1.54, 1.807) is 6.92 Å². The summed E-state index contributed by atoms with van der Waals surface area (Å²) in [6, 6.07) is 15.7. The molecule has 7 heteroatoms. The van der Waals surface area contributed by atoms with Gasteiger partial charge in [0.1, 0.15) is 12.1 Å². The predicted molar refractivity (Wildman–Crippen MR) is 126 cm³/mol. The standard InChI is InChI=1S/C26H32N2O5/c1-5-26(4,24(30)31)28-23(29)14-22(16(2)3)27-25(32)33-15-21-19-12-8-6-10-17(19)18-11-7-9-13-20(18)21/h6-13,16,21-22H,5,14-15H2,1-4H3,(H,27,32)(H,28,29)(H,30,31)/t22-,26?/m0/s1. The summed E-state index contributed by atoms with van der Waals surface area (Å²) in [6.07, 6.45) is -0.384. The normalized spacial score (nSPS) is 15.2. The number of fused-ring (bicyclic) bond motifs is 3. The minimum atomic E-state index is -1.34. The summed E-state index contributed by atoms with van der Waals surface area (Å²) < 4.78 is 5.59. The number of ether oxygens (including phenoxy) is 1. The van der Waals surface area contributed by atoms with Gasteiger partial charge in [-0.1, -0.05) is 69.3 Å². The Balaban J connectivity index is 1.62. The lowest BCUT2D eigenvalue weighted by atomic mass is 9.96. The third-order valence-electron chi connectivity index (χ3n) is 6.45. The lowest BCUT2D eigenvalue weighted by Crippen LogP contribution is -2.53. The summed E-state index contributed by atoms with van der Waals surface area (Å²) in [6.45, 7) is 7.12. The number of hydrogen-bond donors (Lipinski definition) is 3. The number of carboxylic acids is 1. The van der Waals surface area contributed by atoms with E-state index in [0.717, 1.165) is 22.3 Å². The molecule has 0 fully saturated rings. The van der Waals surface area contributed by atoms with Gasteiger partial charge in [0, 0.05) is 18.4 Å². The molecule has 7 nitrogen and oxygen atoms in total. The molecule has 3 rings (SSSR count). The summed E-state index contributed by atoms with van der Waals surface area (Å²) in [7, 11) is 0. The van der Waals surface area contributed by atoms with Gasteiger partial charge < -0.3 is 20.5 Å². The molecule has 0 aromatic heterocycles. The Bertz CT molecular complexity index is 989. The molecule has 0 saturated carbocycles. The van der Waals surface area contributed by atoms with E-state index in [0.29, 0.717) is 0 Å². The first-order valence-electron chi connectivity index (χ1n) is 11.3. The molecule has 0 saturated heterocycles. The smallest absolute Gasteiger partial charge is 0.407 e. The minimum absolute atomic E-state index is 0.0370. The van der Waals surface area contributed by atoms with E-state index in [2.05, 4.69) is 34.9 Å². The molecule has 0 heterocycles. The second kappa shape index (κ2) is 10.1. The molecule has 0 aliphatic heterocycles. The monoisotopic (exact) mass is 452 g/mol. The van der Waals surface area contributed by atoms with Gasteiger partial charge in [-0.3, -0.25) is 4.79 Å². The van der Waals surface area contributed by atoms with Gasteiger partial charge in [0.15, 0.2) is 0 Å². The first kappa shape index (κ1) is 24.3. The van der Waals surface area contributed by atoms with Crippen LogP contribution in [-0.2, 0) is 14.3 Å². The van der Waals surface area contributed by atoms with Crippen molar-refractivity contribution in [3.63, 3.8) is 0 Å². The number of aliphatic carboxylic acids is 1. The molecule has 2 amide bonds. The van der Waals surface area contributed by atoms with Crippen LogP contribution in [0.5, 0.6) is 0 Å². The van der Waals surface area contributed by atoms with Crippen molar-refractivity contribution in [3.8, 4) is 11.1 Å². The third kappa shape index (κ3) is 5.35. The summed E-state index contributed by atoms with van der Waals surface area (Å²) in [4.78, 5) is 36.6. The number of amides is 2. The van der Waals surface area contributed by atoms with Crippen LogP contribution in [0.3, 0.4) is 0 Å². The molecule has 176 valence electrons. The van der Waals surface area contributed by atoms with E-state index in [-0.39, 0.29) is 31.3 Å². The van der Waals surface area contributed by atoms with Crippen LogP contribution in [0, 0.1) is 5.92 Å². The van der Waals surface area contributed by atoms with E-state index in [4.69, 9.17) is 4.74 Å². The summed E-state index contributed by atoms with van der Waals surface area (Å²) in [5.41, 5.74) is 3.20. The van der Waals surface area contributed by atoms with Gasteiger partial charge in [-0.05, 0) is 41.5 Å². The SMILES string of the molecule is CCC(C)(NC(=O)C[C@H](NC(=O)OCC1c2ccccc2-c2ccccc21)C(C)C)C(=O)O. The fraction of sp³-hybridized carbons (Fsp3) is 0.423. The van der Waals surface area contributed by atoms with Gasteiger partial charge in [0.25, 0.3) is 0 Å². The van der Waals surface area contributed by atoms with Crippen molar-refractivity contribution < 1.29 is 24.2 Å². The van der Waals surface area contributed by atoms with Crippen molar-refractivity contribution in [1.29, 1.82) is 0 Å². The van der Waals surface area contributed by atoms with E-state index in [1.807, 2.05) is 38.1 Å². The lowest BCUT2D eigenvalue weighted by Gasteiger charge is -2.27. The van der Waals surface area contributed by atoms with Crippen LogP contribution in [0.25, 0.3) is 11.1 Å². The van der Waals surface area contributed by atoms with Crippen LogP contribution in [0.4, 0.5) is 4.79 Å². The third-order valence-corrected chi connectivity index (χ3v) is 6.45. The van der Waals surface area contributed by atoms with Crippen molar-refractivity contribution in [2.45, 2.75) is 58.0 Å².